The fraction of sp³-hybridized carbons (Fsp3) is 0.516. The van der Waals surface area contributed by atoms with Crippen LogP contribution in [0.3, 0.4) is 0 Å². The van der Waals surface area contributed by atoms with Crippen LogP contribution in [0.15, 0.2) is 48.6 Å². The summed E-state index contributed by atoms with van der Waals surface area (Å²) in [6.45, 7) is 5.47. The molecule has 2 aliphatic rings. The van der Waals surface area contributed by atoms with E-state index < -0.39 is 47.4 Å². The van der Waals surface area contributed by atoms with Crippen LogP contribution in [0.25, 0.3) is 0 Å². The third-order valence-electron chi connectivity index (χ3n) is 7.89. The normalized spacial score (nSPS) is 24.6. The molecule has 0 bridgehead atoms. The lowest BCUT2D eigenvalue weighted by molar-refractivity contribution is -0.161. The molecule has 40 heavy (non-hydrogen) atoms. The number of aliphatic hydroxyl groups excluding tert-OH is 1. The molecule has 1 aliphatic carbocycles. The SMILES string of the molecule is CCCC[C@H](C)[C@@H](O)CC(=O)N1C(=O)[C@@H](Cc2cccc(C#N)c2)NC(=O)[C@H]1CC1(C(=O)[C@H](C)N)C=CC=CC1. The van der Waals surface area contributed by atoms with E-state index in [1.807, 2.05) is 13.8 Å². The van der Waals surface area contributed by atoms with Crippen molar-refractivity contribution >= 4 is 23.5 Å². The van der Waals surface area contributed by atoms with Crippen molar-refractivity contribution in [3.05, 3.63) is 59.7 Å². The molecule has 3 amide bonds. The number of hydrogen-bond acceptors (Lipinski definition) is 7. The summed E-state index contributed by atoms with van der Waals surface area (Å²) >= 11 is 0. The molecular weight excluding hydrogens is 508 g/mol. The number of carbonyl (C=O) groups is 4. The van der Waals surface area contributed by atoms with Crippen LogP contribution in [0.4, 0.5) is 0 Å². The van der Waals surface area contributed by atoms with Gasteiger partial charge in [-0.15, -0.1) is 0 Å². The van der Waals surface area contributed by atoms with Gasteiger partial charge in [0, 0.05) is 6.42 Å². The van der Waals surface area contributed by atoms with Gasteiger partial charge in [0.15, 0.2) is 5.78 Å². The standard InChI is InChI=1S/C31H40N4O5/c1-4-5-10-20(2)26(36)17-27(37)35-25(18-31(28(38)21(3)33)13-7-6-8-14-31)29(39)34-24(30(35)40)16-22-11-9-12-23(15-22)19-32/h6-9,11-13,15,20-21,24-26,36H,4-5,10,14,16-18,33H2,1-3H3,(H,34,39)/t20-,21-,24+,25+,26-,31?/m0/s1. The fourth-order valence-corrected chi connectivity index (χ4v) is 5.49. The van der Waals surface area contributed by atoms with Crippen molar-refractivity contribution in [2.45, 2.75) is 89.9 Å². The number of nitrogens with one attached hydrogen (secondary N) is 1. The molecule has 1 unspecified atom stereocenters. The zero-order valence-electron chi connectivity index (χ0n) is 23.5. The molecule has 1 fully saturated rings. The van der Waals surface area contributed by atoms with Gasteiger partial charge in [-0.3, -0.25) is 24.1 Å². The van der Waals surface area contributed by atoms with E-state index >= 15 is 0 Å². The minimum Gasteiger partial charge on any atom is -0.392 e. The maximum atomic E-state index is 13.9. The molecule has 214 valence electrons. The molecule has 0 radical (unpaired) electrons. The molecule has 6 atom stereocenters. The molecule has 1 aromatic carbocycles. The van der Waals surface area contributed by atoms with Gasteiger partial charge in [0.05, 0.1) is 35.6 Å². The molecule has 9 heteroatoms. The van der Waals surface area contributed by atoms with Crippen molar-refractivity contribution in [2.75, 3.05) is 0 Å². The van der Waals surface area contributed by atoms with Crippen molar-refractivity contribution in [1.29, 1.82) is 5.26 Å². The average molecular weight is 549 g/mol. The smallest absolute Gasteiger partial charge is 0.252 e. The topological polar surface area (TPSA) is 154 Å². The predicted octanol–water partition coefficient (Wildman–Crippen LogP) is 2.71. The number of nitrogens with zero attached hydrogens (tertiary/aromatic N) is 2. The maximum Gasteiger partial charge on any atom is 0.252 e. The summed E-state index contributed by atoms with van der Waals surface area (Å²) < 4.78 is 0. The molecular formula is C31H40N4O5. The summed E-state index contributed by atoms with van der Waals surface area (Å²) in [5.41, 5.74) is 5.88. The maximum absolute atomic E-state index is 13.9. The van der Waals surface area contributed by atoms with Crippen molar-refractivity contribution in [3.63, 3.8) is 0 Å². The lowest BCUT2D eigenvalue weighted by Crippen LogP contribution is -2.66. The van der Waals surface area contributed by atoms with E-state index in [0.29, 0.717) is 11.1 Å². The number of imide groups is 1. The van der Waals surface area contributed by atoms with E-state index in [4.69, 9.17) is 5.73 Å². The number of unbranched alkanes of at least 4 members (excludes halogenated alkanes) is 1. The Kier molecular flexibility index (Phi) is 10.5. The number of nitriles is 1. The third-order valence-corrected chi connectivity index (χ3v) is 7.89. The van der Waals surface area contributed by atoms with E-state index in [0.717, 1.165) is 24.2 Å². The number of benzene rings is 1. The Morgan fingerprint density at radius 1 is 1.27 bits per heavy atom. The van der Waals surface area contributed by atoms with Crippen molar-refractivity contribution in [1.82, 2.24) is 10.2 Å². The number of allylic oxidation sites excluding steroid dienone is 4. The van der Waals surface area contributed by atoms with Gasteiger partial charge in [-0.05, 0) is 49.8 Å². The fourth-order valence-electron chi connectivity index (χ4n) is 5.49. The summed E-state index contributed by atoms with van der Waals surface area (Å²) in [6.07, 6.45) is 8.52. The molecule has 1 aromatic rings. The highest BCUT2D eigenvalue weighted by molar-refractivity contribution is 6.07. The van der Waals surface area contributed by atoms with E-state index in [2.05, 4.69) is 11.4 Å². The van der Waals surface area contributed by atoms with Crippen LogP contribution in [-0.4, -0.2) is 57.7 Å². The second-order valence-corrected chi connectivity index (χ2v) is 11.1. The van der Waals surface area contributed by atoms with Gasteiger partial charge in [0.25, 0.3) is 5.91 Å². The number of aliphatic hydroxyl groups is 1. The van der Waals surface area contributed by atoms with E-state index in [1.54, 1.807) is 55.5 Å². The molecule has 0 aromatic heterocycles. The molecule has 1 saturated heterocycles. The quantitative estimate of drug-likeness (QED) is 0.363. The van der Waals surface area contributed by atoms with Crippen LogP contribution in [0.2, 0.25) is 0 Å². The first kappa shape index (κ1) is 30.9. The van der Waals surface area contributed by atoms with Crippen LogP contribution in [0.1, 0.15) is 70.4 Å². The second kappa shape index (κ2) is 13.6. The number of rotatable bonds is 12. The molecule has 1 heterocycles. The van der Waals surface area contributed by atoms with E-state index in [9.17, 15) is 29.5 Å². The highest BCUT2D eigenvalue weighted by atomic mass is 16.3. The Balaban J connectivity index is 1.95. The Morgan fingerprint density at radius 2 is 2.02 bits per heavy atom. The average Bonchev–Trinajstić information content (AvgIpc) is 2.94. The molecule has 3 rings (SSSR count). The number of carbonyl (C=O) groups excluding carboxylic acids is 4. The predicted molar refractivity (Wildman–Crippen MR) is 150 cm³/mol. The molecule has 0 spiro atoms. The first-order valence-electron chi connectivity index (χ1n) is 14.0. The Morgan fingerprint density at radius 3 is 2.65 bits per heavy atom. The number of ketones is 1. The monoisotopic (exact) mass is 548 g/mol. The largest absolute Gasteiger partial charge is 0.392 e. The minimum absolute atomic E-state index is 0.0819. The lowest BCUT2D eigenvalue weighted by Gasteiger charge is -2.42. The molecule has 9 nitrogen and oxygen atoms in total. The van der Waals surface area contributed by atoms with Crippen molar-refractivity contribution < 1.29 is 24.3 Å². The van der Waals surface area contributed by atoms with Crippen molar-refractivity contribution in [3.8, 4) is 6.07 Å². The van der Waals surface area contributed by atoms with Crippen LogP contribution >= 0.6 is 0 Å². The molecule has 4 N–H and O–H groups in total. The lowest BCUT2D eigenvalue weighted by atomic mass is 9.70. The van der Waals surface area contributed by atoms with Crippen LogP contribution in [0, 0.1) is 22.7 Å². The van der Waals surface area contributed by atoms with Gasteiger partial charge in [0.1, 0.15) is 12.1 Å². The number of amides is 3. The van der Waals surface area contributed by atoms with Crippen LogP contribution in [-0.2, 0) is 25.6 Å². The Bertz CT molecular complexity index is 1220. The molecule has 0 saturated carbocycles. The minimum atomic E-state index is -1.25. The summed E-state index contributed by atoms with van der Waals surface area (Å²) in [4.78, 5) is 55.4. The summed E-state index contributed by atoms with van der Waals surface area (Å²) in [6, 6.07) is 5.65. The van der Waals surface area contributed by atoms with E-state index in [-0.39, 0.29) is 37.4 Å². The summed E-state index contributed by atoms with van der Waals surface area (Å²) in [7, 11) is 0. The Labute approximate surface area is 236 Å². The van der Waals surface area contributed by atoms with Crippen LogP contribution in [0.5, 0.6) is 0 Å². The summed E-state index contributed by atoms with van der Waals surface area (Å²) in [5, 5.41) is 22.8. The number of Topliss-reactive ketones (excluding diaryl/α,β-unsaturated/α-hetero) is 1. The highest BCUT2D eigenvalue weighted by Gasteiger charge is 2.49. The number of nitrogens with two attached hydrogens (primary N) is 1. The van der Waals surface area contributed by atoms with Gasteiger partial charge < -0.3 is 16.2 Å². The zero-order valence-corrected chi connectivity index (χ0v) is 23.5. The first-order valence-corrected chi connectivity index (χ1v) is 14.0. The Hall–Kier alpha value is -3.61. The number of hydrogen-bond donors (Lipinski definition) is 3. The van der Waals surface area contributed by atoms with Gasteiger partial charge in [-0.1, -0.05) is 63.1 Å². The second-order valence-electron chi connectivity index (χ2n) is 11.1. The number of piperazine rings is 1. The first-order chi connectivity index (χ1) is 19.0. The highest BCUT2D eigenvalue weighted by Crippen LogP contribution is 2.37. The van der Waals surface area contributed by atoms with Gasteiger partial charge in [-0.25, -0.2) is 0 Å². The molecule has 1 aliphatic heterocycles. The third kappa shape index (κ3) is 7.12. The van der Waals surface area contributed by atoms with E-state index in [1.165, 1.54) is 0 Å². The van der Waals surface area contributed by atoms with Crippen molar-refractivity contribution in [2.24, 2.45) is 17.1 Å². The van der Waals surface area contributed by atoms with Gasteiger partial charge in [-0.2, -0.15) is 5.26 Å². The van der Waals surface area contributed by atoms with Gasteiger partial charge >= 0.3 is 0 Å². The van der Waals surface area contributed by atoms with Crippen LogP contribution < -0.4 is 11.1 Å². The zero-order chi connectivity index (χ0) is 29.4. The van der Waals surface area contributed by atoms with Gasteiger partial charge in [0.2, 0.25) is 11.8 Å². The summed E-state index contributed by atoms with van der Waals surface area (Å²) in [5.74, 6) is -2.27.